The summed E-state index contributed by atoms with van der Waals surface area (Å²) in [5, 5.41) is 0. The van der Waals surface area contributed by atoms with E-state index >= 15 is 0 Å². The second-order valence-corrected chi connectivity index (χ2v) is 3.65. The predicted octanol–water partition coefficient (Wildman–Crippen LogP) is 1.18. The van der Waals surface area contributed by atoms with E-state index in [0.717, 1.165) is 17.9 Å². The van der Waals surface area contributed by atoms with Crippen LogP contribution >= 0.6 is 0 Å². The number of ether oxygens (including phenoxy) is 1. The zero-order valence-electron chi connectivity index (χ0n) is 9.60. The molecule has 1 atom stereocenters. The van der Waals surface area contributed by atoms with Gasteiger partial charge in [-0.25, -0.2) is 4.98 Å². The number of likely N-dealkylation sites (N-methyl/N-ethyl adjacent to an activating group) is 1. The molecule has 4 nitrogen and oxygen atoms in total. The number of nitrogens with zero attached hydrogens (tertiary/aromatic N) is 2. The van der Waals surface area contributed by atoms with Crippen molar-refractivity contribution in [1.82, 2.24) is 4.98 Å². The maximum absolute atomic E-state index is 5.81. The zero-order chi connectivity index (χ0) is 11.3. The summed E-state index contributed by atoms with van der Waals surface area (Å²) >= 11 is 0. The standard InChI is InChI=1S/C11H19N3O/c1-9(12)10-4-5-13-11(8-10)14(2)6-7-15-3/h4-5,8-9H,6-7,12H2,1-3H3. The predicted molar refractivity (Wildman–Crippen MR) is 62.0 cm³/mol. The number of hydrogen-bond donors (Lipinski definition) is 1. The molecule has 4 heteroatoms. The van der Waals surface area contributed by atoms with Gasteiger partial charge in [-0.2, -0.15) is 0 Å². The minimum Gasteiger partial charge on any atom is -0.383 e. The van der Waals surface area contributed by atoms with Crippen LogP contribution in [0.15, 0.2) is 18.3 Å². The van der Waals surface area contributed by atoms with Crippen LogP contribution < -0.4 is 10.6 Å². The molecule has 1 aromatic rings. The van der Waals surface area contributed by atoms with Crippen LogP contribution in [0.1, 0.15) is 18.5 Å². The summed E-state index contributed by atoms with van der Waals surface area (Å²) in [5.74, 6) is 0.932. The highest BCUT2D eigenvalue weighted by atomic mass is 16.5. The topological polar surface area (TPSA) is 51.4 Å². The van der Waals surface area contributed by atoms with Crippen molar-refractivity contribution in [2.75, 3.05) is 32.2 Å². The lowest BCUT2D eigenvalue weighted by Gasteiger charge is -2.18. The monoisotopic (exact) mass is 209 g/mol. The normalized spacial score (nSPS) is 12.5. The van der Waals surface area contributed by atoms with Crippen molar-refractivity contribution in [2.24, 2.45) is 5.73 Å². The van der Waals surface area contributed by atoms with E-state index in [9.17, 15) is 0 Å². The van der Waals surface area contributed by atoms with Gasteiger partial charge in [0.15, 0.2) is 0 Å². The Morgan fingerprint density at radius 3 is 2.93 bits per heavy atom. The van der Waals surface area contributed by atoms with Crippen LogP contribution in [0.2, 0.25) is 0 Å². The third-order valence-corrected chi connectivity index (χ3v) is 2.32. The lowest BCUT2D eigenvalue weighted by molar-refractivity contribution is 0.206. The van der Waals surface area contributed by atoms with Gasteiger partial charge in [0, 0.05) is 32.9 Å². The maximum Gasteiger partial charge on any atom is 0.128 e. The van der Waals surface area contributed by atoms with Crippen molar-refractivity contribution in [3.63, 3.8) is 0 Å². The summed E-state index contributed by atoms with van der Waals surface area (Å²) in [7, 11) is 3.69. The summed E-state index contributed by atoms with van der Waals surface area (Å²) < 4.78 is 5.02. The summed E-state index contributed by atoms with van der Waals surface area (Å²) in [6.07, 6.45) is 1.79. The zero-order valence-corrected chi connectivity index (χ0v) is 9.60. The highest BCUT2D eigenvalue weighted by Gasteiger charge is 2.05. The molecule has 0 aliphatic heterocycles. The quantitative estimate of drug-likeness (QED) is 0.791. The second kappa shape index (κ2) is 5.68. The average molecular weight is 209 g/mol. The molecule has 0 fully saturated rings. The minimum absolute atomic E-state index is 0.0441. The molecule has 0 aliphatic carbocycles. The Hall–Kier alpha value is -1.13. The van der Waals surface area contributed by atoms with E-state index in [-0.39, 0.29) is 6.04 Å². The van der Waals surface area contributed by atoms with Crippen molar-refractivity contribution in [2.45, 2.75) is 13.0 Å². The van der Waals surface area contributed by atoms with E-state index in [2.05, 4.69) is 9.88 Å². The van der Waals surface area contributed by atoms with E-state index in [4.69, 9.17) is 10.5 Å². The molecule has 15 heavy (non-hydrogen) atoms. The third-order valence-electron chi connectivity index (χ3n) is 2.32. The summed E-state index contributed by atoms with van der Waals surface area (Å²) in [6, 6.07) is 4.00. The molecule has 0 aromatic carbocycles. The molecule has 0 saturated heterocycles. The summed E-state index contributed by atoms with van der Waals surface area (Å²) in [5.41, 5.74) is 6.91. The van der Waals surface area contributed by atoms with Gasteiger partial charge in [0.25, 0.3) is 0 Å². The van der Waals surface area contributed by atoms with Gasteiger partial charge < -0.3 is 15.4 Å². The molecule has 1 unspecified atom stereocenters. The van der Waals surface area contributed by atoms with Crippen molar-refractivity contribution in [3.8, 4) is 0 Å². The number of methoxy groups -OCH3 is 1. The SMILES string of the molecule is COCCN(C)c1cc(C(C)N)ccn1. The third kappa shape index (κ3) is 3.49. The minimum atomic E-state index is 0.0441. The lowest BCUT2D eigenvalue weighted by atomic mass is 10.1. The Kier molecular flexibility index (Phi) is 4.52. The first-order chi connectivity index (χ1) is 7.15. The maximum atomic E-state index is 5.81. The van der Waals surface area contributed by atoms with Gasteiger partial charge in [-0.15, -0.1) is 0 Å². The first-order valence-electron chi connectivity index (χ1n) is 5.06. The molecular weight excluding hydrogens is 190 g/mol. The van der Waals surface area contributed by atoms with Crippen molar-refractivity contribution >= 4 is 5.82 Å². The van der Waals surface area contributed by atoms with Crippen LogP contribution in [-0.2, 0) is 4.74 Å². The smallest absolute Gasteiger partial charge is 0.128 e. The van der Waals surface area contributed by atoms with Crippen LogP contribution in [0.3, 0.4) is 0 Å². The Morgan fingerprint density at radius 1 is 1.60 bits per heavy atom. The molecule has 0 saturated carbocycles. The van der Waals surface area contributed by atoms with Crippen molar-refractivity contribution < 1.29 is 4.74 Å². The van der Waals surface area contributed by atoms with Gasteiger partial charge in [0.05, 0.1) is 6.61 Å². The lowest BCUT2D eigenvalue weighted by Crippen LogP contribution is -2.23. The fourth-order valence-corrected chi connectivity index (χ4v) is 1.27. The molecule has 0 radical (unpaired) electrons. The summed E-state index contributed by atoms with van der Waals surface area (Å²) in [6.45, 7) is 3.49. The highest BCUT2D eigenvalue weighted by molar-refractivity contribution is 5.40. The molecule has 0 aliphatic rings. The van der Waals surface area contributed by atoms with Crippen LogP contribution in [-0.4, -0.2) is 32.3 Å². The van der Waals surface area contributed by atoms with Gasteiger partial charge in [0.2, 0.25) is 0 Å². The summed E-state index contributed by atoms with van der Waals surface area (Å²) in [4.78, 5) is 6.34. The molecule has 0 amide bonds. The number of hydrogen-bond acceptors (Lipinski definition) is 4. The van der Waals surface area contributed by atoms with E-state index in [1.165, 1.54) is 0 Å². The molecule has 0 spiro atoms. The first-order valence-corrected chi connectivity index (χ1v) is 5.06. The van der Waals surface area contributed by atoms with Crippen LogP contribution in [0, 0.1) is 0 Å². The number of rotatable bonds is 5. The molecular formula is C11H19N3O. The molecule has 84 valence electrons. The fraction of sp³-hybridized carbons (Fsp3) is 0.545. The molecule has 0 bridgehead atoms. The number of anilines is 1. The van der Waals surface area contributed by atoms with E-state index < -0.39 is 0 Å². The Balaban J connectivity index is 2.71. The van der Waals surface area contributed by atoms with Gasteiger partial charge in [-0.05, 0) is 24.6 Å². The number of pyridine rings is 1. The Morgan fingerprint density at radius 2 is 2.33 bits per heavy atom. The number of aromatic nitrogens is 1. The van der Waals surface area contributed by atoms with Crippen molar-refractivity contribution in [1.29, 1.82) is 0 Å². The molecule has 1 aromatic heterocycles. The van der Waals surface area contributed by atoms with Crippen LogP contribution in [0.5, 0.6) is 0 Å². The average Bonchev–Trinajstić information content (AvgIpc) is 2.26. The largest absolute Gasteiger partial charge is 0.383 e. The van der Waals surface area contributed by atoms with E-state index in [0.29, 0.717) is 6.61 Å². The number of nitrogens with two attached hydrogens (primary N) is 1. The highest BCUT2D eigenvalue weighted by Crippen LogP contribution is 2.15. The molecule has 2 N–H and O–H groups in total. The van der Waals surface area contributed by atoms with Gasteiger partial charge in [-0.3, -0.25) is 0 Å². The van der Waals surface area contributed by atoms with Gasteiger partial charge in [-0.1, -0.05) is 0 Å². The van der Waals surface area contributed by atoms with E-state index in [1.54, 1.807) is 13.3 Å². The van der Waals surface area contributed by atoms with Gasteiger partial charge in [0.1, 0.15) is 5.82 Å². The molecule has 1 heterocycles. The first kappa shape index (κ1) is 11.9. The van der Waals surface area contributed by atoms with Crippen LogP contribution in [0.4, 0.5) is 5.82 Å². The fourth-order valence-electron chi connectivity index (χ4n) is 1.27. The van der Waals surface area contributed by atoms with Gasteiger partial charge >= 0.3 is 0 Å². The second-order valence-electron chi connectivity index (χ2n) is 3.65. The Bertz CT molecular complexity index is 302. The Labute approximate surface area is 91.1 Å². The van der Waals surface area contributed by atoms with E-state index in [1.807, 2.05) is 26.1 Å². The van der Waals surface area contributed by atoms with Crippen LogP contribution in [0.25, 0.3) is 0 Å². The molecule has 1 rings (SSSR count). The van der Waals surface area contributed by atoms with Crippen molar-refractivity contribution in [3.05, 3.63) is 23.9 Å².